The monoisotopic (exact) mass is 305 g/mol. The van der Waals surface area contributed by atoms with E-state index in [1.165, 1.54) is 18.2 Å². The molecule has 0 spiro atoms. The van der Waals surface area contributed by atoms with Gasteiger partial charge in [0, 0.05) is 0 Å². The van der Waals surface area contributed by atoms with Crippen LogP contribution < -0.4 is 5.32 Å². The molecule has 1 amide bonds. The number of nitrogens with one attached hydrogen (secondary N) is 1. The van der Waals surface area contributed by atoms with Crippen LogP contribution in [0.25, 0.3) is 0 Å². The van der Waals surface area contributed by atoms with Gasteiger partial charge >= 0.3 is 0 Å². The fourth-order valence-corrected chi connectivity index (χ4v) is 2.21. The summed E-state index contributed by atoms with van der Waals surface area (Å²) in [7, 11) is 0. The minimum absolute atomic E-state index is 0.0341. The number of aromatic hydroxyl groups is 1. The molecule has 2 aromatic carbocycles. The fourth-order valence-electron chi connectivity index (χ4n) is 2.01. The van der Waals surface area contributed by atoms with Crippen LogP contribution in [0.15, 0.2) is 48.5 Å². The second kappa shape index (κ2) is 7.11. The van der Waals surface area contributed by atoms with Gasteiger partial charge < -0.3 is 15.5 Å². The summed E-state index contributed by atoms with van der Waals surface area (Å²) in [6.07, 6.45) is 0.513. The average Bonchev–Trinajstić information content (AvgIpc) is 2.50. The molecule has 0 radical (unpaired) electrons. The fraction of sp³-hybridized carbons (Fsp3) is 0.188. The highest BCUT2D eigenvalue weighted by Crippen LogP contribution is 2.21. The van der Waals surface area contributed by atoms with Crippen molar-refractivity contribution in [2.75, 3.05) is 6.61 Å². The Bertz CT molecular complexity index is 616. The molecule has 0 saturated heterocycles. The largest absolute Gasteiger partial charge is 0.508 e. The summed E-state index contributed by atoms with van der Waals surface area (Å²) < 4.78 is 0. The highest BCUT2D eigenvalue weighted by Gasteiger charge is 2.16. The van der Waals surface area contributed by atoms with Crippen LogP contribution in [-0.4, -0.2) is 28.8 Å². The first-order valence-electron chi connectivity index (χ1n) is 6.54. The molecule has 110 valence electrons. The molecule has 0 saturated carbocycles. The molecule has 2 aromatic rings. The van der Waals surface area contributed by atoms with Crippen molar-refractivity contribution in [1.82, 2.24) is 5.32 Å². The van der Waals surface area contributed by atoms with E-state index in [1.54, 1.807) is 0 Å². The summed E-state index contributed by atoms with van der Waals surface area (Å²) >= 11 is 5.94. The highest BCUT2D eigenvalue weighted by molar-refractivity contribution is 6.33. The summed E-state index contributed by atoms with van der Waals surface area (Å²) in [5.41, 5.74) is 1.20. The first kappa shape index (κ1) is 15.4. The molecule has 1 unspecified atom stereocenters. The number of phenols is 1. The Morgan fingerprint density at radius 2 is 1.90 bits per heavy atom. The summed E-state index contributed by atoms with van der Waals surface area (Å²) in [5.74, 6) is -0.459. The Morgan fingerprint density at radius 3 is 2.57 bits per heavy atom. The van der Waals surface area contributed by atoms with Crippen LogP contribution in [0.4, 0.5) is 0 Å². The number of rotatable bonds is 5. The van der Waals surface area contributed by atoms with Crippen molar-refractivity contribution in [3.8, 4) is 5.75 Å². The number of phenolic OH excluding ortho intramolecular Hbond substituents is 1. The third-order valence-electron chi connectivity index (χ3n) is 3.08. The Morgan fingerprint density at radius 1 is 1.19 bits per heavy atom. The topological polar surface area (TPSA) is 69.6 Å². The lowest BCUT2D eigenvalue weighted by Crippen LogP contribution is -2.39. The van der Waals surface area contributed by atoms with Gasteiger partial charge in [-0.25, -0.2) is 0 Å². The van der Waals surface area contributed by atoms with Gasteiger partial charge in [0.2, 0.25) is 0 Å². The third-order valence-corrected chi connectivity index (χ3v) is 3.40. The van der Waals surface area contributed by atoms with E-state index >= 15 is 0 Å². The Labute approximate surface area is 128 Å². The molecule has 0 aliphatic carbocycles. The van der Waals surface area contributed by atoms with E-state index in [9.17, 15) is 15.0 Å². The van der Waals surface area contributed by atoms with E-state index in [0.29, 0.717) is 6.42 Å². The summed E-state index contributed by atoms with van der Waals surface area (Å²) in [4.78, 5) is 12.2. The van der Waals surface area contributed by atoms with Gasteiger partial charge in [0.05, 0.1) is 23.2 Å². The number of aliphatic hydroxyl groups excluding tert-OH is 1. The predicted octanol–water partition coefficient (Wildman–Crippen LogP) is 2.38. The summed E-state index contributed by atoms with van der Waals surface area (Å²) in [5, 5.41) is 21.8. The van der Waals surface area contributed by atoms with Crippen molar-refractivity contribution >= 4 is 17.5 Å². The van der Waals surface area contributed by atoms with Crippen LogP contribution in [0.3, 0.4) is 0 Å². The van der Waals surface area contributed by atoms with Gasteiger partial charge in [-0.15, -0.1) is 0 Å². The van der Waals surface area contributed by atoms with Gasteiger partial charge in [-0.1, -0.05) is 41.9 Å². The van der Waals surface area contributed by atoms with Crippen molar-refractivity contribution in [3.05, 3.63) is 64.7 Å². The number of benzene rings is 2. The smallest absolute Gasteiger partial charge is 0.253 e. The highest BCUT2D eigenvalue weighted by atomic mass is 35.5. The quantitative estimate of drug-likeness (QED) is 0.794. The predicted molar refractivity (Wildman–Crippen MR) is 81.6 cm³/mol. The maximum absolute atomic E-state index is 12.2. The Hall–Kier alpha value is -2.04. The second-order valence-corrected chi connectivity index (χ2v) is 5.11. The molecule has 3 N–H and O–H groups in total. The Kier molecular flexibility index (Phi) is 5.20. The van der Waals surface area contributed by atoms with Gasteiger partial charge in [-0.05, 0) is 30.2 Å². The van der Waals surface area contributed by atoms with E-state index in [2.05, 4.69) is 5.32 Å². The molecular weight excluding hydrogens is 290 g/mol. The molecule has 0 aliphatic heterocycles. The standard InChI is InChI=1S/C16H16ClNO3/c17-15-7-6-13(20)9-14(15)16(21)18-12(10-19)8-11-4-2-1-3-5-11/h1-7,9,12,19-20H,8,10H2,(H,18,21). The maximum Gasteiger partial charge on any atom is 0.253 e. The van der Waals surface area contributed by atoms with E-state index in [4.69, 9.17) is 11.6 Å². The zero-order valence-corrected chi connectivity index (χ0v) is 12.0. The normalized spacial score (nSPS) is 11.9. The van der Waals surface area contributed by atoms with Crippen LogP contribution in [-0.2, 0) is 6.42 Å². The van der Waals surface area contributed by atoms with Crippen LogP contribution in [0.2, 0.25) is 5.02 Å². The second-order valence-electron chi connectivity index (χ2n) is 4.71. The molecule has 2 rings (SSSR count). The van der Waals surface area contributed by atoms with Crippen LogP contribution in [0.1, 0.15) is 15.9 Å². The minimum atomic E-state index is -0.425. The van der Waals surface area contributed by atoms with Gasteiger partial charge in [0.15, 0.2) is 0 Å². The molecule has 5 heteroatoms. The molecular formula is C16H16ClNO3. The van der Waals surface area contributed by atoms with Crippen molar-refractivity contribution < 1.29 is 15.0 Å². The minimum Gasteiger partial charge on any atom is -0.508 e. The summed E-state index contributed by atoms with van der Waals surface area (Å²) in [6.45, 7) is -0.183. The number of amides is 1. The molecule has 21 heavy (non-hydrogen) atoms. The molecule has 0 bridgehead atoms. The number of hydrogen-bond donors (Lipinski definition) is 3. The van der Waals surface area contributed by atoms with E-state index in [0.717, 1.165) is 5.56 Å². The molecule has 0 fully saturated rings. The van der Waals surface area contributed by atoms with Crippen molar-refractivity contribution in [3.63, 3.8) is 0 Å². The lowest BCUT2D eigenvalue weighted by molar-refractivity contribution is 0.0916. The van der Waals surface area contributed by atoms with Crippen LogP contribution in [0.5, 0.6) is 5.75 Å². The van der Waals surface area contributed by atoms with Gasteiger partial charge in [0.1, 0.15) is 5.75 Å². The first-order chi connectivity index (χ1) is 10.1. The van der Waals surface area contributed by atoms with Crippen LogP contribution >= 0.6 is 11.6 Å². The number of halogens is 1. The molecule has 0 aliphatic rings. The summed E-state index contributed by atoms with van der Waals surface area (Å²) in [6, 6.07) is 13.3. The zero-order valence-electron chi connectivity index (χ0n) is 11.3. The molecule has 0 heterocycles. The number of carbonyl (C=O) groups is 1. The van der Waals surface area contributed by atoms with Crippen LogP contribution in [0, 0.1) is 0 Å². The number of hydrogen-bond acceptors (Lipinski definition) is 3. The third kappa shape index (κ3) is 4.21. The van der Waals surface area contributed by atoms with Crippen molar-refractivity contribution in [1.29, 1.82) is 0 Å². The van der Waals surface area contributed by atoms with Crippen molar-refractivity contribution in [2.45, 2.75) is 12.5 Å². The lowest BCUT2D eigenvalue weighted by Gasteiger charge is -2.17. The van der Waals surface area contributed by atoms with Gasteiger partial charge in [-0.3, -0.25) is 4.79 Å². The maximum atomic E-state index is 12.2. The first-order valence-corrected chi connectivity index (χ1v) is 6.92. The molecule has 1 atom stereocenters. The van der Waals surface area contributed by atoms with Gasteiger partial charge in [0.25, 0.3) is 5.91 Å². The average molecular weight is 306 g/mol. The number of aliphatic hydroxyl groups is 1. The SMILES string of the molecule is O=C(NC(CO)Cc1ccccc1)c1cc(O)ccc1Cl. The van der Waals surface area contributed by atoms with E-state index < -0.39 is 11.9 Å². The zero-order chi connectivity index (χ0) is 15.2. The number of carbonyl (C=O) groups excluding carboxylic acids is 1. The van der Waals surface area contributed by atoms with E-state index in [-0.39, 0.29) is 22.9 Å². The lowest BCUT2D eigenvalue weighted by atomic mass is 10.1. The van der Waals surface area contributed by atoms with Crippen molar-refractivity contribution in [2.24, 2.45) is 0 Å². The van der Waals surface area contributed by atoms with Gasteiger partial charge in [-0.2, -0.15) is 0 Å². The van der Waals surface area contributed by atoms with E-state index in [1.807, 2.05) is 30.3 Å². The molecule has 4 nitrogen and oxygen atoms in total. The Balaban J connectivity index is 2.07. The molecule has 0 aromatic heterocycles.